The summed E-state index contributed by atoms with van der Waals surface area (Å²) in [4.78, 5) is 44.3. The molecule has 3 heterocycles. The zero-order valence-corrected chi connectivity index (χ0v) is 25.2. The van der Waals surface area contributed by atoms with E-state index in [0.717, 1.165) is 48.4 Å². The first kappa shape index (κ1) is 28.6. The Morgan fingerprint density at radius 3 is 1.98 bits per heavy atom. The molecule has 2 atom stereocenters. The predicted molar refractivity (Wildman–Crippen MR) is 176 cm³/mol. The number of carbonyl (C=O) groups is 3. The number of amides is 4. The second kappa shape index (κ2) is 12.1. The van der Waals surface area contributed by atoms with Crippen molar-refractivity contribution in [1.29, 1.82) is 0 Å². The highest BCUT2D eigenvalue weighted by Gasteiger charge is 2.40. The number of carbonyl (C=O) groups excluding carboxylic acids is 3. The molecule has 1 fully saturated rings. The van der Waals surface area contributed by atoms with E-state index in [4.69, 9.17) is 4.74 Å². The van der Waals surface area contributed by atoms with Crippen LogP contribution in [0.2, 0.25) is 0 Å². The normalized spacial score (nSPS) is 20.2. The van der Waals surface area contributed by atoms with Crippen LogP contribution in [0.1, 0.15) is 65.8 Å². The monoisotopic (exact) mass is 597 g/mol. The van der Waals surface area contributed by atoms with E-state index in [-0.39, 0.29) is 17.4 Å². The number of rotatable bonds is 7. The van der Waals surface area contributed by atoms with Crippen molar-refractivity contribution in [1.82, 2.24) is 5.32 Å². The van der Waals surface area contributed by atoms with Gasteiger partial charge in [0.15, 0.2) is 0 Å². The van der Waals surface area contributed by atoms with Crippen molar-refractivity contribution in [3.63, 3.8) is 0 Å². The minimum absolute atomic E-state index is 0.105. The largest absolute Gasteiger partial charge is 0.493 e. The number of imide groups is 2. The predicted octanol–water partition coefficient (Wildman–Crippen LogP) is 7.02. The van der Waals surface area contributed by atoms with E-state index in [2.05, 4.69) is 58.7 Å². The standard InChI is InChI=1S/C38H35N3O4/c1-2-21-45-34-16-10-9-15-27(34)22-33-36(42)39-38(44)41(37(33)43)28-23-31-29(25-11-5-3-6-12-25)17-19-40-20-18-30(32(24-28)35(31)40)26-13-7-4-8-14-26/h3-16,22-24,29-30H,2,17-21H2,1H3,(H,39,42,44)/b33-22+/t29-,30+. The lowest BCUT2D eigenvalue weighted by atomic mass is 9.76. The van der Waals surface area contributed by atoms with Crippen LogP contribution in [0.3, 0.4) is 0 Å². The lowest BCUT2D eigenvalue weighted by molar-refractivity contribution is -0.122. The average Bonchev–Trinajstić information content (AvgIpc) is 3.07. The Morgan fingerprint density at radius 2 is 1.38 bits per heavy atom. The quantitative estimate of drug-likeness (QED) is 0.183. The number of para-hydroxylation sites is 1. The molecule has 0 aromatic heterocycles. The van der Waals surface area contributed by atoms with Crippen LogP contribution < -0.4 is 19.9 Å². The molecule has 0 radical (unpaired) electrons. The summed E-state index contributed by atoms with van der Waals surface area (Å²) in [5, 5.41) is 2.43. The topological polar surface area (TPSA) is 79.0 Å². The smallest absolute Gasteiger partial charge is 0.335 e. The molecule has 226 valence electrons. The average molecular weight is 598 g/mol. The number of anilines is 2. The molecule has 0 spiro atoms. The Labute approximate surface area is 263 Å². The van der Waals surface area contributed by atoms with E-state index in [1.807, 2.05) is 49.4 Å². The van der Waals surface area contributed by atoms with Crippen LogP contribution in [0, 0.1) is 0 Å². The van der Waals surface area contributed by atoms with Gasteiger partial charge in [-0.3, -0.25) is 14.9 Å². The van der Waals surface area contributed by atoms with Crippen molar-refractivity contribution >= 4 is 35.3 Å². The number of hydrogen-bond acceptors (Lipinski definition) is 5. The summed E-state index contributed by atoms with van der Waals surface area (Å²) in [6, 6.07) is 31.3. The van der Waals surface area contributed by atoms with Gasteiger partial charge in [0.1, 0.15) is 11.3 Å². The number of nitrogens with zero attached hydrogens (tertiary/aromatic N) is 2. The minimum Gasteiger partial charge on any atom is -0.493 e. The van der Waals surface area contributed by atoms with E-state index < -0.39 is 17.8 Å². The second-order valence-electron chi connectivity index (χ2n) is 11.8. The first-order chi connectivity index (χ1) is 22.0. The summed E-state index contributed by atoms with van der Waals surface area (Å²) in [5.41, 5.74) is 6.74. The Balaban J connectivity index is 1.37. The molecule has 1 saturated heterocycles. The van der Waals surface area contributed by atoms with Crippen LogP contribution in [0.15, 0.2) is 103 Å². The van der Waals surface area contributed by atoms with Crippen LogP contribution in [-0.4, -0.2) is 37.5 Å². The summed E-state index contributed by atoms with van der Waals surface area (Å²) in [7, 11) is 0. The molecule has 0 saturated carbocycles. The van der Waals surface area contributed by atoms with E-state index in [0.29, 0.717) is 23.6 Å². The third kappa shape index (κ3) is 5.29. The van der Waals surface area contributed by atoms with E-state index in [9.17, 15) is 14.4 Å². The van der Waals surface area contributed by atoms with Crippen LogP contribution >= 0.6 is 0 Å². The summed E-state index contributed by atoms with van der Waals surface area (Å²) < 4.78 is 5.87. The number of barbiturate groups is 1. The molecule has 4 amide bonds. The van der Waals surface area contributed by atoms with E-state index >= 15 is 0 Å². The molecule has 0 aliphatic carbocycles. The maximum absolute atomic E-state index is 14.2. The van der Waals surface area contributed by atoms with Gasteiger partial charge in [-0.05, 0) is 65.8 Å². The van der Waals surface area contributed by atoms with Gasteiger partial charge in [-0.2, -0.15) is 0 Å². The molecule has 0 unspecified atom stereocenters. The Hall–Kier alpha value is -5.17. The molecular weight excluding hydrogens is 562 g/mol. The maximum Gasteiger partial charge on any atom is 0.335 e. The molecular formula is C38H35N3O4. The molecule has 7 heteroatoms. The number of hydrogen-bond donors (Lipinski definition) is 1. The van der Waals surface area contributed by atoms with Crippen molar-refractivity contribution in [2.24, 2.45) is 0 Å². The van der Waals surface area contributed by atoms with Gasteiger partial charge >= 0.3 is 6.03 Å². The number of nitrogens with one attached hydrogen (secondary N) is 1. The molecule has 3 aliphatic rings. The molecule has 1 N–H and O–H groups in total. The number of benzene rings is 4. The first-order valence-electron chi connectivity index (χ1n) is 15.7. The molecule has 3 aliphatic heterocycles. The van der Waals surface area contributed by atoms with Crippen molar-refractivity contribution in [3.8, 4) is 5.75 Å². The SMILES string of the molecule is CCCOc1ccccc1/C=C1\C(=O)NC(=O)N(c2cc3c4c(c2)[C@H](c2ccccc2)CCN4CC[C@@H]3c2ccccc2)C1=O. The van der Waals surface area contributed by atoms with Gasteiger partial charge in [0.05, 0.1) is 12.3 Å². The molecule has 7 rings (SSSR count). The minimum atomic E-state index is -0.749. The van der Waals surface area contributed by atoms with Gasteiger partial charge in [-0.1, -0.05) is 85.8 Å². The fourth-order valence-electron chi connectivity index (χ4n) is 6.96. The zero-order chi connectivity index (χ0) is 30.9. The van der Waals surface area contributed by atoms with E-state index in [1.165, 1.54) is 22.9 Å². The van der Waals surface area contributed by atoms with Gasteiger partial charge in [-0.15, -0.1) is 0 Å². The lowest BCUT2D eigenvalue weighted by Crippen LogP contribution is -2.54. The fourth-order valence-corrected chi connectivity index (χ4v) is 6.96. The molecule has 45 heavy (non-hydrogen) atoms. The van der Waals surface area contributed by atoms with Crippen molar-refractivity contribution < 1.29 is 19.1 Å². The second-order valence-corrected chi connectivity index (χ2v) is 11.8. The third-order valence-corrected chi connectivity index (χ3v) is 9.04. The molecule has 7 nitrogen and oxygen atoms in total. The van der Waals surface area contributed by atoms with Crippen molar-refractivity contribution in [2.75, 3.05) is 29.5 Å². The third-order valence-electron chi connectivity index (χ3n) is 9.04. The van der Waals surface area contributed by atoms with E-state index in [1.54, 1.807) is 6.07 Å². The van der Waals surface area contributed by atoms with Gasteiger partial charge in [0.25, 0.3) is 11.8 Å². The molecule has 4 aromatic rings. The highest BCUT2D eigenvalue weighted by Crippen LogP contribution is 2.50. The van der Waals surface area contributed by atoms with Crippen molar-refractivity contribution in [2.45, 2.75) is 38.0 Å². The van der Waals surface area contributed by atoms with Crippen LogP contribution in [0.5, 0.6) is 5.75 Å². The van der Waals surface area contributed by atoms with Crippen LogP contribution in [0.25, 0.3) is 6.08 Å². The highest BCUT2D eigenvalue weighted by atomic mass is 16.5. The molecule has 0 bridgehead atoms. The van der Waals surface area contributed by atoms with Gasteiger partial charge < -0.3 is 9.64 Å². The van der Waals surface area contributed by atoms with Gasteiger partial charge in [0.2, 0.25) is 0 Å². The van der Waals surface area contributed by atoms with Crippen LogP contribution in [0.4, 0.5) is 16.2 Å². The Morgan fingerprint density at radius 1 is 0.800 bits per heavy atom. The lowest BCUT2D eigenvalue weighted by Gasteiger charge is -2.44. The summed E-state index contributed by atoms with van der Waals surface area (Å²) in [6.45, 7) is 4.39. The van der Waals surface area contributed by atoms with Crippen molar-refractivity contribution in [3.05, 3.63) is 130 Å². The molecule has 4 aromatic carbocycles. The highest BCUT2D eigenvalue weighted by molar-refractivity contribution is 6.39. The zero-order valence-electron chi connectivity index (χ0n) is 25.2. The van der Waals surface area contributed by atoms with Crippen LogP contribution in [-0.2, 0) is 9.59 Å². The summed E-state index contributed by atoms with van der Waals surface area (Å²) in [6.07, 6.45) is 4.19. The maximum atomic E-state index is 14.2. The fraction of sp³-hybridized carbons (Fsp3) is 0.237. The van der Waals surface area contributed by atoms with Gasteiger partial charge in [0, 0.05) is 36.2 Å². The first-order valence-corrected chi connectivity index (χ1v) is 15.7. The summed E-state index contributed by atoms with van der Waals surface area (Å²) in [5.74, 6) is -0.593. The Kier molecular flexibility index (Phi) is 7.67. The Bertz CT molecular complexity index is 1730. The summed E-state index contributed by atoms with van der Waals surface area (Å²) >= 11 is 0. The van der Waals surface area contributed by atoms with Gasteiger partial charge in [-0.25, -0.2) is 9.69 Å². The number of urea groups is 1. The number of ether oxygens (including phenoxy) is 1.